The molecule has 0 bridgehead atoms. The van der Waals surface area contributed by atoms with Crippen molar-refractivity contribution in [2.75, 3.05) is 5.43 Å². The lowest BCUT2D eigenvalue weighted by Crippen LogP contribution is -2.15. The number of hydrazone groups is 1. The van der Waals surface area contributed by atoms with Gasteiger partial charge < -0.3 is 4.74 Å². The fourth-order valence-corrected chi connectivity index (χ4v) is 2.64. The van der Waals surface area contributed by atoms with Crippen LogP contribution in [0.15, 0.2) is 52.4 Å². The number of nitrogens with one attached hydrogen (secondary N) is 2. The first-order valence-electron chi connectivity index (χ1n) is 7.91. The Bertz CT molecular complexity index is 1040. The van der Waals surface area contributed by atoms with Crippen molar-refractivity contribution < 1.29 is 4.74 Å². The highest BCUT2D eigenvalue weighted by molar-refractivity contribution is 6.35. The molecule has 0 fully saturated rings. The van der Waals surface area contributed by atoms with Crippen LogP contribution < -0.4 is 15.9 Å². The Morgan fingerprint density at radius 2 is 2.07 bits per heavy atom. The molecule has 2 N–H and O–H groups in total. The number of aryl methyl sites for hydroxylation is 1. The van der Waals surface area contributed by atoms with Gasteiger partial charge in [0.25, 0.3) is 0 Å². The van der Waals surface area contributed by atoms with E-state index < -0.39 is 5.69 Å². The SMILES string of the molecule is Cc1n[nH]c(=O)nc1NN=Cc1ccccc1OCc1ccc(Cl)cc1Cl. The van der Waals surface area contributed by atoms with Crippen LogP contribution in [0, 0.1) is 6.92 Å². The lowest BCUT2D eigenvalue weighted by atomic mass is 10.2. The zero-order valence-electron chi connectivity index (χ0n) is 14.2. The number of rotatable bonds is 6. The van der Waals surface area contributed by atoms with Crippen LogP contribution in [0.3, 0.4) is 0 Å². The Morgan fingerprint density at radius 3 is 2.89 bits per heavy atom. The molecule has 0 spiro atoms. The van der Waals surface area contributed by atoms with Gasteiger partial charge in [0, 0.05) is 21.2 Å². The molecule has 0 unspecified atom stereocenters. The first kappa shape index (κ1) is 18.9. The predicted octanol–water partition coefficient (Wildman–Crippen LogP) is 3.81. The fourth-order valence-electron chi connectivity index (χ4n) is 2.17. The monoisotopic (exact) mass is 403 g/mol. The third-order valence-corrected chi connectivity index (χ3v) is 4.15. The van der Waals surface area contributed by atoms with Crippen molar-refractivity contribution in [2.24, 2.45) is 5.10 Å². The summed E-state index contributed by atoms with van der Waals surface area (Å²) in [5.74, 6) is 0.907. The molecule has 27 heavy (non-hydrogen) atoms. The molecule has 0 aliphatic heterocycles. The maximum absolute atomic E-state index is 11.2. The lowest BCUT2D eigenvalue weighted by Gasteiger charge is -2.10. The van der Waals surface area contributed by atoms with Gasteiger partial charge in [0.15, 0.2) is 5.82 Å². The Hall–Kier alpha value is -2.90. The highest BCUT2D eigenvalue weighted by Crippen LogP contribution is 2.24. The number of nitrogens with zero attached hydrogens (tertiary/aromatic N) is 3. The summed E-state index contributed by atoms with van der Waals surface area (Å²) >= 11 is 12.1. The van der Waals surface area contributed by atoms with E-state index in [1.807, 2.05) is 30.3 Å². The van der Waals surface area contributed by atoms with E-state index in [2.05, 4.69) is 25.7 Å². The number of H-pyrrole nitrogens is 1. The van der Waals surface area contributed by atoms with Crippen LogP contribution in [-0.4, -0.2) is 21.4 Å². The van der Waals surface area contributed by atoms with E-state index in [0.29, 0.717) is 21.5 Å². The first-order valence-corrected chi connectivity index (χ1v) is 8.66. The number of hydrogen-bond acceptors (Lipinski definition) is 6. The number of benzene rings is 2. The fraction of sp³-hybridized carbons (Fsp3) is 0.111. The molecule has 1 heterocycles. The molecule has 3 aromatic rings. The standard InChI is InChI=1S/C18H15Cl2N5O2/c1-11-17(22-18(26)25-23-11)24-21-9-12-4-2-3-5-16(12)27-10-13-6-7-14(19)8-15(13)20/h2-9H,10H2,1H3,(H2,22,24,25,26). The molecule has 7 nitrogen and oxygen atoms in total. The molecule has 0 saturated carbocycles. The maximum atomic E-state index is 11.2. The van der Waals surface area contributed by atoms with Gasteiger partial charge in [-0.3, -0.25) is 5.43 Å². The quantitative estimate of drug-likeness (QED) is 0.482. The van der Waals surface area contributed by atoms with E-state index in [0.717, 1.165) is 11.1 Å². The minimum Gasteiger partial charge on any atom is -0.488 e. The summed E-state index contributed by atoms with van der Waals surface area (Å²) < 4.78 is 5.86. The third kappa shape index (κ3) is 5.06. The largest absolute Gasteiger partial charge is 0.488 e. The summed E-state index contributed by atoms with van der Waals surface area (Å²) in [7, 11) is 0. The molecule has 0 aliphatic carbocycles. The van der Waals surface area contributed by atoms with E-state index in [1.165, 1.54) is 0 Å². The van der Waals surface area contributed by atoms with Gasteiger partial charge >= 0.3 is 5.69 Å². The van der Waals surface area contributed by atoms with E-state index in [4.69, 9.17) is 27.9 Å². The smallest absolute Gasteiger partial charge is 0.363 e. The van der Waals surface area contributed by atoms with Gasteiger partial charge in [0.05, 0.1) is 6.21 Å². The molecule has 0 atom stereocenters. The van der Waals surface area contributed by atoms with Crippen LogP contribution >= 0.6 is 23.2 Å². The molecule has 0 amide bonds. The molecule has 1 aromatic heterocycles. The van der Waals surface area contributed by atoms with Crippen LogP contribution in [0.1, 0.15) is 16.8 Å². The minimum absolute atomic E-state index is 0.279. The van der Waals surface area contributed by atoms with Crippen molar-refractivity contribution in [3.8, 4) is 5.75 Å². The minimum atomic E-state index is -0.554. The average Bonchev–Trinajstić information content (AvgIpc) is 2.65. The zero-order chi connectivity index (χ0) is 19.2. The molecule has 3 rings (SSSR count). The summed E-state index contributed by atoms with van der Waals surface area (Å²) in [4.78, 5) is 15.0. The van der Waals surface area contributed by atoms with Crippen molar-refractivity contribution in [1.29, 1.82) is 0 Å². The predicted molar refractivity (Wildman–Crippen MR) is 106 cm³/mol. The zero-order valence-corrected chi connectivity index (χ0v) is 15.8. The highest BCUT2D eigenvalue weighted by Gasteiger charge is 2.06. The average molecular weight is 404 g/mol. The summed E-state index contributed by atoms with van der Waals surface area (Å²) in [6, 6.07) is 12.6. The van der Waals surface area contributed by atoms with Gasteiger partial charge in [-0.2, -0.15) is 15.2 Å². The number of aromatic nitrogens is 3. The van der Waals surface area contributed by atoms with Crippen LogP contribution in [0.2, 0.25) is 10.0 Å². The Kier molecular flexibility index (Phi) is 6.05. The second-order valence-corrected chi connectivity index (χ2v) is 6.35. The molecule has 2 aromatic carbocycles. The number of ether oxygens (including phenoxy) is 1. The van der Waals surface area contributed by atoms with E-state index in [9.17, 15) is 4.79 Å². The summed E-state index contributed by atoms with van der Waals surface area (Å²) in [5.41, 5.74) is 4.23. The van der Waals surface area contributed by atoms with Gasteiger partial charge in [-0.1, -0.05) is 41.4 Å². The molecule has 0 radical (unpaired) electrons. The van der Waals surface area contributed by atoms with Gasteiger partial charge in [0.1, 0.15) is 18.1 Å². The number of hydrogen-bond donors (Lipinski definition) is 2. The van der Waals surface area contributed by atoms with Gasteiger partial charge in [-0.15, -0.1) is 0 Å². The van der Waals surface area contributed by atoms with Crippen LogP contribution in [0.5, 0.6) is 5.75 Å². The van der Waals surface area contributed by atoms with Crippen molar-refractivity contribution in [2.45, 2.75) is 13.5 Å². The number of para-hydroxylation sites is 1. The first-order chi connectivity index (χ1) is 13.0. The Labute approximate surface area is 165 Å². The van der Waals surface area contributed by atoms with Crippen LogP contribution in [-0.2, 0) is 6.61 Å². The Balaban J connectivity index is 1.71. The van der Waals surface area contributed by atoms with Crippen molar-refractivity contribution in [3.63, 3.8) is 0 Å². The normalized spacial score (nSPS) is 10.9. The number of aromatic amines is 1. The summed E-state index contributed by atoms with van der Waals surface area (Å²) in [6.45, 7) is 1.99. The molecular formula is C18H15Cl2N5O2. The van der Waals surface area contributed by atoms with Gasteiger partial charge in [-0.25, -0.2) is 9.89 Å². The molecule has 0 saturated heterocycles. The van der Waals surface area contributed by atoms with Crippen molar-refractivity contribution in [3.05, 3.63) is 79.8 Å². The second-order valence-electron chi connectivity index (χ2n) is 5.51. The molecular weight excluding hydrogens is 389 g/mol. The summed E-state index contributed by atoms with van der Waals surface area (Å²) in [6.07, 6.45) is 1.57. The number of halogens is 2. The summed E-state index contributed by atoms with van der Waals surface area (Å²) in [5, 5.41) is 11.3. The van der Waals surface area contributed by atoms with Gasteiger partial charge in [-0.05, 0) is 31.2 Å². The lowest BCUT2D eigenvalue weighted by molar-refractivity contribution is 0.306. The van der Waals surface area contributed by atoms with Crippen molar-refractivity contribution in [1.82, 2.24) is 15.2 Å². The molecule has 138 valence electrons. The third-order valence-electron chi connectivity index (χ3n) is 3.57. The topological polar surface area (TPSA) is 92.3 Å². The van der Waals surface area contributed by atoms with E-state index >= 15 is 0 Å². The van der Waals surface area contributed by atoms with Crippen molar-refractivity contribution >= 4 is 35.2 Å². The number of anilines is 1. The second kappa shape index (κ2) is 8.66. The maximum Gasteiger partial charge on any atom is 0.363 e. The van der Waals surface area contributed by atoms with Gasteiger partial charge in [0.2, 0.25) is 0 Å². The highest BCUT2D eigenvalue weighted by atomic mass is 35.5. The van der Waals surface area contributed by atoms with Crippen LogP contribution in [0.25, 0.3) is 0 Å². The molecule has 0 aliphatic rings. The molecule has 9 heteroatoms. The Morgan fingerprint density at radius 1 is 1.26 bits per heavy atom. The van der Waals surface area contributed by atoms with E-state index in [-0.39, 0.29) is 12.4 Å². The van der Waals surface area contributed by atoms with E-state index in [1.54, 1.807) is 25.3 Å². The van der Waals surface area contributed by atoms with Crippen LogP contribution in [0.4, 0.5) is 5.82 Å².